The number of hydrogen-bond acceptors (Lipinski definition) is 3. The molecule has 3 rings (SSSR count). The fourth-order valence-corrected chi connectivity index (χ4v) is 3.33. The van der Waals surface area contributed by atoms with Gasteiger partial charge in [0, 0.05) is 45.1 Å². The molecule has 2 aromatic rings. The number of guanidine groups is 1. The van der Waals surface area contributed by atoms with Crippen LogP contribution in [0.15, 0.2) is 59.6 Å². The highest BCUT2D eigenvalue weighted by Gasteiger charge is 2.22. The average molecular weight is 495 g/mol. The van der Waals surface area contributed by atoms with Gasteiger partial charge in [-0.25, -0.2) is 0 Å². The van der Waals surface area contributed by atoms with Crippen molar-refractivity contribution in [2.24, 2.45) is 4.99 Å². The highest BCUT2D eigenvalue weighted by molar-refractivity contribution is 14.0. The number of aliphatic imine (C=N–C) groups is 1. The van der Waals surface area contributed by atoms with Crippen molar-refractivity contribution in [3.63, 3.8) is 0 Å². The van der Waals surface area contributed by atoms with E-state index in [2.05, 4.69) is 21.3 Å². The minimum Gasteiger partial charge on any atom is -0.494 e. The molecule has 0 atom stereocenters. The van der Waals surface area contributed by atoms with Crippen molar-refractivity contribution >= 4 is 29.9 Å². The maximum Gasteiger partial charge on any atom is 0.193 e. The first-order valence-electron chi connectivity index (χ1n) is 9.68. The van der Waals surface area contributed by atoms with Gasteiger partial charge in [-0.1, -0.05) is 36.4 Å². The van der Waals surface area contributed by atoms with E-state index in [1.165, 1.54) is 0 Å². The van der Waals surface area contributed by atoms with Gasteiger partial charge in [-0.2, -0.15) is 0 Å². The monoisotopic (exact) mass is 495 g/mol. The Morgan fingerprint density at radius 3 is 2.43 bits per heavy atom. The van der Waals surface area contributed by atoms with Crippen LogP contribution in [0.2, 0.25) is 0 Å². The number of likely N-dealkylation sites (tertiary alicyclic amines) is 1. The topological polar surface area (TPSA) is 46.1 Å². The summed E-state index contributed by atoms with van der Waals surface area (Å²) in [6.45, 7) is 5.24. The molecular weight excluding hydrogens is 465 g/mol. The molecule has 0 amide bonds. The van der Waals surface area contributed by atoms with Crippen molar-refractivity contribution in [2.45, 2.75) is 32.4 Å². The minimum absolute atomic E-state index is 0. The van der Waals surface area contributed by atoms with Crippen molar-refractivity contribution in [2.75, 3.05) is 26.7 Å². The molecule has 152 valence electrons. The molecule has 5 nitrogen and oxygen atoms in total. The van der Waals surface area contributed by atoms with Crippen molar-refractivity contribution in [3.05, 3.63) is 60.2 Å². The van der Waals surface area contributed by atoms with Crippen LogP contribution in [0.4, 0.5) is 0 Å². The number of nitrogens with one attached hydrogen (secondary N) is 1. The van der Waals surface area contributed by atoms with Crippen molar-refractivity contribution in [3.8, 4) is 11.5 Å². The lowest BCUT2D eigenvalue weighted by Crippen LogP contribution is -2.47. The van der Waals surface area contributed by atoms with Gasteiger partial charge in [-0.3, -0.25) is 4.99 Å². The Labute approximate surface area is 185 Å². The summed E-state index contributed by atoms with van der Waals surface area (Å²) < 4.78 is 11.8. The zero-order chi connectivity index (χ0) is 18.9. The Balaban J connectivity index is 0.00000280. The smallest absolute Gasteiger partial charge is 0.193 e. The Morgan fingerprint density at radius 2 is 1.75 bits per heavy atom. The number of ether oxygens (including phenoxy) is 2. The second kappa shape index (κ2) is 11.8. The van der Waals surface area contributed by atoms with Crippen molar-refractivity contribution in [1.29, 1.82) is 0 Å². The molecule has 1 N–H and O–H groups in total. The molecule has 0 unspecified atom stereocenters. The molecule has 28 heavy (non-hydrogen) atoms. The summed E-state index contributed by atoms with van der Waals surface area (Å²) in [7, 11) is 1.84. The Morgan fingerprint density at radius 1 is 1.07 bits per heavy atom. The number of hydrogen-bond donors (Lipinski definition) is 1. The van der Waals surface area contributed by atoms with Crippen LogP contribution in [-0.2, 0) is 6.54 Å². The van der Waals surface area contributed by atoms with E-state index in [9.17, 15) is 0 Å². The Bertz CT molecular complexity index is 732. The van der Waals surface area contributed by atoms with Crippen molar-refractivity contribution in [1.82, 2.24) is 10.2 Å². The maximum atomic E-state index is 6.09. The van der Waals surface area contributed by atoms with Gasteiger partial charge < -0.3 is 19.7 Å². The van der Waals surface area contributed by atoms with Crippen LogP contribution in [0.5, 0.6) is 11.5 Å². The lowest BCUT2D eigenvalue weighted by Gasteiger charge is -2.34. The van der Waals surface area contributed by atoms with Gasteiger partial charge in [-0.05, 0) is 25.1 Å². The molecule has 0 bridgehead atoms. The highest BCUT2D eigenvalue weighted by Crippen LogP contribution is 2.20. The average Bonchev–Trinajstić information content (AvgIpc) is 2.72. The third-order valence-corrected chi connectivity index (χ3v) is 4.71. The summed E-state index contributed by atoms with van der Waals surface area (Å²) in [6.07, 6.45) is 2.25. The second-order valence-electron chi connectivity index (χ2n) is 6.56. The van der Waals surface area contributed by atoms with E-state index in [-0.39, 0.29) is 30.1 Å². The van der Waals surface area contributed by atoms with E-state index < -0.39 is 0 Å². The number of piperidine rings is 1. The van der Waals surface area contributed by atoms with Gasteiger partial charge in [0.1, 0.15) is 17.6 Å². The van der Waals surface area contributed by atoms with Crippen LogP contribution in [0.3, 0.4) is 0 Å². The lowest BCUT2D eigenvalue weighted by atomic mass is 10.1. The third-order valence-electron chi connectivity index (χ3n) is 4.71. The lowest BCUT2D eigenvalue weighted by molar-refractivity contribution is 0.129. The van der Waals surface area contributed by atoms with Crippen LogP contribution in [-0.4, -0.2) is 43.7 Å². The highest BCUT2D eigenvalue weighted by atomic mass is 127. The van der Waals surface area contributed by atoms with E-state index >= 15 is 0 Å². The molecule has 1 heterocycles. The quantitative estimate of drug-likeness (QED) is 0.369. The van der Waals surface area contributed by atoms with Crippen LogP contribution < -0.4 is 14.8 Å². The Hall–Kier alpha value is -1.96. The summed E-state index contributed by atoms with van der Waals surface area (Å²) in [4.78, 5) is 6.76. The zero-order valence-corrected chi connectivity index (χ0v) is 19.0. The fourth-order valence-electron chi connectivity index (χ4n) is 3.33. The van der Waals surface area contributed by atoms with E-state index in [0.717, 1.165) is 49.0 Å². The normalized spacial score (nSPS) is 14.9. The summed E-state index contributed by atoms with van der Waals surface area (Å²) in [5.74, 6) is 2.81. The van der Waals surface area contributed by atoms with Crippen LogP contribution >= 0.6 is 24.0 Å². The van der Waals surface area contributed by atoms with Crippen LogP contribution in [0, 0.1) is 0 Å². The van der Waals surface area contributed by atoms with E-state index in [1.807, 2.05) is 62.5 Å². The molecule has 2 aromatic carbocycles. The molecule has 1 aliphatic heterocycles. The largest absolute Gasteiger partial charge is 0.494 e. The van der Waals surface area contributed by atoms with Gasteiger partial charge in [0.2, 0.25) is 0 Å². The number of halogens is 1. The molecule has 0 aliphatic carbocycles. The van der Waals surface area contributed by atoms with E-state index in [1.54, 1.807) is 0 Å². The molecular formula is C22H30IN3O2. The molecule has 0 aromatic heterocycles. The zero-order valence-electron chi connectivity index (χ0n) is 16.6. The molecule has 0 radical (unpaired) electrons. The number of nitrogens with zero attached hydrogens (tertiary/aromatic N) is 2. The van der Waals surface area contributed by atoms with Crippen LogP contribution in [0.25, 0.3) is 0 Å². The number of para-hydroxylation sites is 2. The minimum atomic E-state index is 0. The predicted octanol–water partition coefficient (Wildman–Crippen LogP) is 4.32. The molecule has 0 spiro atoms. The van der Waals surface area contributed by atoms with Gasteiger partial charge >= 0.3 is 0 Å². The molecule has 1 aliphatic rings. The molecule has 1 fully saturated rings. The van der Waals surface area contributed by atoms with Gasteiger partial charge in [0.25, 0.3) is 0 Å². The SMILES string of the molecule is CCOc1ccccc1CNC(=NC)N1CCC(Oc2ccccc2)CC1.I. The van der Waals surface area contributed by atoms with Gasteiger partial charge in [0.15, 0.2) is 5.96 Å². The summed E-state index contributed by atoms with van der Waals surface area (Å²) in [5, 5.41) is 3.47. The van der Waals surface area contributed by atoms with E-state index in [0.29, 0.717) is 13.2 Å². The molecule has 6 heteroatoms. The van der Waals surface area contributed by atoms with Gasteiger partial charge in [0.05, 0.1) is 6.61 Å². The first-order chi connectivity index (χ1) is 13.3. The summed E-state index contributed by atoms with van der Waals surface area (Å²) in [6, 6.07) is 18.2. The van der Waals surface area contributed by atoms with Crippen molar-refractivity contribution < 1.29 is 9.47 Å². The molecule has 1 saturated heterocycles. The van der Waals surface area contributed by atoms with E-state index in [4.69, 9.17) is 9.47 Å². The summed E-state index contributed by atoms with van der Waals surface area (Å²) >= 11 is 0. The standard InChI is InChI=1S/C22H29N3O2.HI/c1-3-26-21-12-8-7-9-18(21)17-24-22(23-2)25-15-13-20(14-16-25)27-19-10-5-4-6-11-19;/h4-12,20H,3,13-17H2,1-2H3,(H,23,24);1H. The number of benzene rings is 2. The second-order valence-corrected chi connectivity index (χ2v) is 6.56. The number of rotatable bonds is 6. The predicted molar refractivity (Wildman–Crippen MR) is 125 cm³/mol. The first-order valence-corrected chi connectivity index (χ1v) is 9.68. The fraction of sp³-hybridized carbons (Fsp3) is 0.409. The first kappa shape index (κ1) is 22.3. The third kappa shape index (κ3) is 6.29. The summed E-state index contributed by atoms with van der Waals surface area (Å²) in [5.41, 5.74) is 1.14. The molecule has 0 saturated carbocycles. The van der Waals surface area contributed by atoms with Crippen LogP contribution in [0.1, 0.15) is 25.3 Å². The Kier molecular flexibility index (Phi) is 9.40. The van der Waals surface area contributed by atoms with Gasteiger partial charge in [-0.15, -0.1) is 24.0 Å². The maximum absolute atomic E-state index is 6.09.